The van der Waals surface area contributed by atoms with Crippen LogP contribution < -0.4 is 5.32 Å². The Morgan fingerprint density at radius 2 is 2.29 bits per heavy atom. The quantitative estimate of drug-likeness (QED) is 0.520. The predicted molar refractivity (Wildman–Crippen MR) is 80.4 cm³/mol. The zero-order chi connectivity index (χ0) is 15.4. The third-order valence-electron chi connectivity index (χ3n) is 2.82. The number of amides is 1. The maximum absolute atomic E-state index is 12.0. The first-order valence-corrected chi connectivity index (χ1v) is 7.11. The Morgan fingerprint density at radius 1 is 1.52 bits per heavy atom. The summed E-state index contributed by atoms with van der Waals surface area (Å²) in [5.41, 5.74) is 0.790. The van der Waals surface area contributed by atoms with Gasteiger partial charge in [-0.25, -0.2) is 4.98 Å². The Hall–Kier alpha value is -2.35. The molecule has 0 bridgehead atoms. The molecule has 0 unspecified atom stereocenters. The molecule has 2 rings (SSSR count). The van der Waals surface area contributed by atoms with E-state index in [1.54, 1.807) is 36.0 Å². The van der Waals surface area contributed by atoms with Crippen molar-refractivity contribution in [2.24, 2.45) is 7.05 Å². The molecular weight excluding hydrogens is 292 g/mol. The van der Waals surface area contributed by atoms with Gasteiger partial charge in [-0.3, -0.25) is 14.9 Å². The van der Waals surface area contributed by atoms with E-state index < -0.39 is 4.92 Å². The highest BCUT2D eigenvalue weighted by Crippen LogP contribution is 2.28. The van der Waals surface area contributed by atoms with Gasteiger partial charge in [-0.1, -0.05) is 23.9 Å². The lowest BCUT2D eigenvalue weighted by Gasteiger charge is -2.08. The average Bonchev–Trinajstić information content (AvgIpc) is 2.84. The van der Waals surface area contributed by atoms with Crippen molar-refractivity contribution in [3.8, 4) is 0 Å². The van der Waals surface area contributed by atoms with Crippen LogP contribution in [-0.2, 0) is 11.8 Å². The number of para-hydroxylation sites is 1. The van der Waals surface area contributed by atoms with Crippen molar-refractivity contribution in [3.63, 3.8) is 0 Å². The number of thioether (sulfide) groups is 1. The highest BCUT2D eigenvalue weighted by Gasteiger charge is 2.17. The molecule has 0 atom stereocenters. The van der Waals surface area contributed by atoms with Crippen LogP contribution in [0, 0.1) is 17.0 Å². The summed E-state index contributed by atoms with van der Waals surface area (Å²) in [5.74, 6) is -0.170. The van der Waals surface area contributed by atoms with Crippen LogP contribution in [-0.4, -0.2) is 26.1 Å². The van der Waals surface area contributed by atoms with Gasteiger partial charge in [-0.05, 0) is 12.5 Å². The van der Waals surface area contributed by atoms with E-state index in [-0.39, 0.29) is 23.0 Å². The number of aryl methyl sites for hydroxylation is 2. The molecule has 8 heteroatoms. The van der Waals surface area contributed by atoms with Crippen LogP contribution in [0.2, 0.25) is 0 Å². The van der Waals surface area contributed by atoms with Gasteiger partial charge in [0, 0.05) is 25.5 Å². The van der Waals surface area contributed by atoms with Crippen LogP contribution in [0.3, 0.4) is 0 Å². The number of benzene rings is 1. The number of hydrogen-bond donors (Lipinski definition) is 1. The summed E-state index contributed by atoms with van der Waals surface area (Å²) in [6.45, 7) is 1.72. The summed E-state index contributed by atoms with van der Waals surface area (Å²) in [6.07, 6.45) is 3.43. The van der Waals surface area contributed by atoms with E-state index in [0.29, 0.717) is 10.7 Å². The third kappa shape index (κ3) is 3.60. The van der Waals surface area contributed by atoms with Crippen molar-refractivity contribution in [2.45, 2.75) is 12.1 Å². The number of carbonyl (C=O) groups is 1. The number of aromatic nitrogens is 2. The molecule has 0 radical (unpaired) electrons. The minimum Gasteiger partial charge on any atom is -0.329 e. The van der Waals surface area contributed by atoms with Crippen LogP contribution >= 0.6 is 11.8 Å². The molecule has 21 heavy (non-hydrogen) atoms. The molecular formula is C13H14N4O3S. The number of nitro groups is 1. The molecule has 2 aromatic rings. The number of anilines is 1. The minimum absolute atomic E-state index is 0.106. The van der Waals surface area contributed by atoms with Gasteiger partial charge >= 0.3 is 0 Å². The molecule has 0 spiro atoms. The second-order valence-electron chi connectivity index (χ2n) is 4.38. The van der Waals surface area contributed by atoms with E-state index in [2.05, 4.69) is 10.3 Å². The second-order valence-corrected chi connectivity index (χ2v) is 5.33. The Balaban J connectivity index is 2.06. The molecule has 1 heterocycles. The molecule has 0 aliphatic heterocycles. The SMILES string of the molecule is Cc1cccc([N+](=O)[O-])c1NC(=O)CSc1nccn1C. The number of rotatable bonds is 5. The molecule has 1 amide bonds. The van der Waals surface area contributed by atoms with E-state index in [0.717, 1.165) is 0 Å². The molecule has 1 aromatic heterocycles. The van der Waals surface area contributed by atoms with E-state index >= 15 is 0 Å². The topological polar surface area (TPSA) is 90.1 Å². The summed E-state index contributed by atoms with van der Waals surface area (Å²) in [7, 11) is 1.83. The van der Waals surface area contributed by atoms with Gasteiger partial charge in [-0.2, -0.15) is 0 Å². The van der Waals surface area contributed by atoms with Crippen LogP contribution in [0.1, 0.15) is 5.56 Å². The zero-order valence-corrected chi connectivity index (χ0v) is 12.4. The monoisotopic (exact) mass is 306 g/mol. The van der Waals surface area contributed by atoms with E-state index in [4.69, 9.17) is 0 Å². The number of carbonyl (C=O) groups excluding carboxylic acids is 1. The second kappa shape index (κ2) is 6.40. The smallest absolute Gasteiger partial charge is 0.293 e. The van der Waals surface area contributed by atoms with Gasteiger partial charge in [-0.15, -0.1) is 0 Å². The molecule has 0 fully saturated rings. The Labute approximate surface area is 125 Å². The summed E-state index contributed by atoms with van der Waals surface area (Å²) in [4.78, 5) is 26.5. The fourth-order valence-electron chi connectivity index (χ4n) is 1.76. The first kappa shape index (κ1) is 15.0. The maximum atomic E-state index is 12.0. The Morgan fingerprint density at radius 3 is 2.90 bits per heavy atom. The molecule has 0 aliphatic carbocycles. The minimum atomic E-state index is -0.505. The molecule has 1 N–H and O–H groups in total. The standard InChI is InChI=1S/C13H14N4O3S/c1-9-4-3-5-10(17(19)20)12(9)15-11(18)8-21-13-14-6-7-16(13)2/h3-7H,8H2,1-2H3,(H,15,18). The van der Waals surface area contributed by atoms with E-state index in [1.165, 1.54) is 17.8 Å². The van der Waals surface area contributed by atoms with Gasteiger partial charge in [0.25, 0.3) is 5.69 Å². The Bertz CT molecular complexity index is 684. The van der Waals surface area contributed by atoms with Gasteiger partial charge in [0.15, 0.2) is 5.16 Å². The molecule has 7 nitrogen and oxygen atoms in total. The molecule has 0 aliphatic rings. The van der Waals surface area contributed by atoms with Crippen molar-refractivity contribution in [1.29, 1.82) is 0 Å². The van der Waals surface area contributed by atoms with Crippen molar-refractivity contribution < 1.29 is 9.72 Å². The summed E-state index contributed by atoms with van der Waals surface area (Å²) >= 11 is 1.27. The van der Waals surface area contributed by atoms with Crippen LogP contribution in [0.15, 0.2) is 35.7 Å². The summed E-state index contributed by atoms with van der Waals surface area (Å²) < 4.78 is 1.80. The fraction of sp³-hybridized carbons (Fsp3) is 0.231. The van der Waals surface area contributed by atoms with Crippen molar-refractivity contribution >= 4 is 29.0 Å². The van der Waals surface area contributed by atoms with Crippen LogP contribution in [0.25, 0.3) is 0 Å². The molecule has 110 valence electrons. The van der Waals surface area contributed by atoms with E-state index in [9.17, 15) is 14.9 Å². The molecule has 0 saturated heterocycles. The number of nitrogens with zero attached hydrogens (tertiary/aromatic N) is 3. The largest absolute Gasteiger partial charge is 0.329 e. The zero-order valence-electron chi connectivity index (χ0n) is 11.6. The number of hydrogen-bond acceptors (Lipinski definition) is 5. The number of nitro benzene ring substituents is 1. The Kier molecular flexibility index (Phi) is 4.59. The van der Waals surface area contributed by atoms with Crippen LogP contribution in [0.5, 0.6) is 0 Å². The fourth-order valence-corrected chi connectivity index (χ4v) is 2.50. The van der Waals surface area contributed by atoms with Gasteiger partial charge in [0.2, 0.25) is 5.91 Å². The van der Waals surface area contributed by atoms with Crippen LogP contribution in [0.4, 0.5) is 11.4 Å². The normalized spacial score (nSPS) is 10.4. The van der Waals surface area contributed by atoms with Crippen molar-refractivity contribution in [1.82, 2.24) is 9.55 Å². The third-order valence-corrected chi connectivity index (χ3v) is 3.88. The van der Waals surface area contributed by atoms with Crippen molar-refractivity contribution in [2.75, 3.05) is 11.1 Å². The predicted octanol–water partition coefficient (Wildman–Crippen LogP) is 2.37. The number of imidazole rings is 1. The van der Waals surface area contributed by atoms with Crippen molar-refractivity contribution in [3.05, 3.63) is 46.3 Å². The maximum Gasteiger partial charge on any atom is 0.293 e. The van der Waals surface area contributed by atoms with Gasteiger partial charge < -0.3 is 9.88 Å². The molecule has 0 saturated carbocycles. The summed E-state index contributed by atoms with van der Waals surface area (Å²) in [5, 5.41) is 14.3. The highest BCUT2D eigenvalue weighted by molar-refractivity contribution is 7.99. The lowest BCUT2D eigenvalue weighted by atomic mass is 10.1. The lowest BCUT2D eigenvalue weighted by Crippen LogP contribution is -2.16. The number of nitrogens with one attached hydrogen (secondary N) is 1. The average molecular weight is 306 g/mol. The highest BCUT2D eigenvalue weighted by atomic mass is 32.2. The van der Waals surface area contributed by atoms with Gasteiger partial charge in [0.05, 0.1) is 10.7 Å². The lowest BCUT2D eigenvalue weighted by molar-refractivity contribution is -0.384. The van der Waals surface area contributed by atoms with Gasteiger partial charge in [0.1, 0.15) is 5.69 Å². The first-order chi connectivity index (χ1) is 9.99. The van der Waals surface area contributed by atoms with E-state index in [1.807, 2.05) is 7.05 Å². The summed E-state index contributed by atoms with van der Waals surface area (Å²) in [6, 6.07) is 4.68. The molecule has 1 aromatic carbocycles. The first-order valence-electron chi connectivity index (χ1n) is 6.13.